The van der Waals surface area contributed by atoms with E-state index in [4.69, 9.17) is 4.74 Å². The Bertz CT molecular complexity index is 883. The standard InChI is InChI=1S/C23H31N5O3.HI/c1-3-24-23(26-13-12-25-22(30)18-8-10-19(29)11-9-18)28-16-14-27(15-17-28)20-6-4-5-7-21(20)31-2;/h4-11,29H,3,12-17H2,1-2H3,(H,24,26)(H,25,30);1H. The van der Waals surface area contributed by atoms with Gasteiger partial charge in [-0.2, -0.15) is 0 Å². The molecule has 174 valence electrons. The maximum Gasteiger partial charge on any atom is 0.251 e. The second-order valence-corrected chi connectivity index (χ2v) is 7.18. The number of hydrogen-bond donors (Lipinski definition) is 3. The summed E-state index contributed by atoms with van der Waals surface area (Å²) in [6.07, 6.45) is 0. The number of hydrogen-bond acceptors (Lipinski definition) is 5. The smallest absolute Gasteiger partial charge is 0.251 e. The molecule has 2 aromatic carbocycles. The van der Waals surface area contributed by atoms with Crippen LogP contribution in [0.4, 0.5) is 5.69 Å². The second kappa shape index (κ2) is 13.0. The Hall–Kier alpha value is -2.69. The highest BCUT2D eigenvalue weighted by molar-refractivity contribution is 14.0. The zero-order chi connectivity index (χ0) is 22.1. The Morgan fingerprint density at radius 2 is 1.75 bits per heavy atom. The number of para-hydroxylation sites is 2. The van der Waals surface area contributed by atoms with Crippen LogP contribution in [0.3, 0.4) is 0 Å². The number of ether oxygens (including phenoxy) is 1. The van der Waals surface area contributed by atoms with Gasteiger partial charge in [0.25, 0.3) is 5.91 Å². The van der Waals surface area contributed by atoms with E-state index in [1.807, 2.05) is 25.1 Å². The number of rotatable bonds is 7. The SMILES string of the molecule is CCNC(=NCCNC(=O)c1ccc(O)cc1)N1CCN(c2ccccc2OC)CC1.I. The number of aliphatic imine (C=N–C) groups is 1. The molecule has 0 bridgehead atoms. The summed E-state index contributed by atoms with van der Waals surface area (Å²) in [5.74, 6) is 1.72. The molecule has 0 aromatic heterocycles. The summed E-state index contributed by atoms with van der Waals surface area (Å²) in [5, 5.41) is 15.5. The summed E-state index contributed by atoms with van der Waals surface area (Å²) in [6, 6.07) is 14.3. The summed E-state index contributed by atoms with van der Waals surface area (Å²) < 4.78 is 5.50. The van der Waals surface area contributed by atoms with Crippen molar-refractivity contribution in [3.8, 4) is 11.5 Å². The van der Waals surface area contributed by atoms with Crippen LogP contribution in [0.2, 0.25) is 0 Å². The molecule has 2 aromatic rings. The van der Waals surface area contributed by atoms with Crippen LogP contribution >= 0.6 is 24.0 Å². The molecule has 8 nitrogen and oxygen atoms in total. The van der Waals surface area contributed by atoms with Gasteiger partial charge in [0.15, 0.2) is 5.96 Å². The molecule has 1 heterocycles. The number of nitrogens with one attached hydrogen (secondary N) is 2. The molecule has 1 fully saturated rings. The Kier molecular flexibility index (Phi) is 10.4. The fourth-order valence-corrected chi connectivity index (χ4v) is 3.52. The molecule has 0 aliphatic carbocycles. The van der Waals surface area contributed by atoms with Gasteiger partial charge in [-0.3, -0.25) is 9.79 Å². The number of methoxy groups -OCH3 is 1. The van der Waals surface area contributed by atoms with Crippen LogP contribution in [-0.4, -0.2) is 74.8 Å². The number of carbonyl (C=O) groups excluding carboxylic acids is 1. The number of guanidine groups is 1. The zero-order valence-corrected chi connectivity index (χ0v) is 20.9. The van der Waals surface area contributed by atoms with Crippen molar-refractivity contribution >= 4 is 41.5 Å². The number of anilines is 1. The van der Waals surface area contributed by atoms with E-state index in [2.05, 4.69) is 31.5 Å². The monoisotopic (exact) mass is 553 g/mol. The van der Waals surface area contributed by atoms with Crippen LogP contribution in [0.1, 0.15) is 17.3 Å². The largest absolute Gasteiger partial charge is 0.508 e. The van der Waals surface area contributed by atoms with Crippen molar-refractivity contribution in [3.63, 3.8) is 0 Å². The third-order valence-electron chi connectivity index (χ3n) is 5.13. The summed E-state index contributed by atoms with van der Waals surface area (Å²) in [7, 11) is 1.70. The molecule has 0 spiro atoms. The molecule has 9 heteroatoms. The number of nitrogens with zero attached hydrogens (tertiary/aromatic N) is 3. The molecule has 0 saturated carbocycles. The van der Waals surface area contributed by atoms with E-state index in [-0.39, 0.29) is 35.6 Å². The minimum absolute atomic E-state index is 0. The summed E-state index contributed by atoms with van der Waals surface area (Å²) in [4.78, 5) is 21.4. The molecule has 1 amide bonds. The van der Waals surface area contributed by atoms with Gasteiger partial charge < -0.3 is 30.3 Å². The van der Waals surface area contributed by atoms with Crippen LogP contribution in [0.25, 0.3) is 0 Å². The lowest BCUT2D eigenvalue weighted by Crippen LogP contribution is -2.52. The number of halogens is 1. The fraction of sp³-hybridized carbons (Fsp3) is 0.391. The van der Waals surface area contributed by atoms with E-state index in [0.717, 1.165) is 50.1 Å². The summed E-state index contributed by atoms with van der Waals surface area (Å²) in [5.41, 5.74) is 1.63. The van der Waals surface area contributed by atoms with Gasteiger partial charge in [-0.15, -0.1) is 24.0 Å². The molecule has 0 unspecified atom stereocenters. The van der Waals surface area contributed by atoms with Crippen molar-refractivity contribution in [3.05, 3.63) is 54.1 Å². The van der Waals surface area contributed by atoms with Crippen molar-refractivity contribution in [2.75, 3.05) is 57.8 Å². The first-order valence-corrected chi connectivity index (χ1v) is 10.6. The number of amides is 1. The van der Waals surface area contributed by atoms with E-state index >= 15 is 0 Å². The van der Waals surface area contributed by atoms with Gasteiger partial charge in [0.2, 0.25) is 0 Å². The Morgan fingerprint density at radius 1 is 1.06 bits per heavy atom. The highest BCUT2D eigenvalue weighted by Crippen LogP contribution is 2.28. The molecular formula is C23H32IN5O3. The second-order valence-electron chi connectivity index (χ2n) is 7.18. The minimum Gasteiger partial charge on any atom is -0.508 e. The number of phenols is 1. The lowest BCUT2D eigenvalue weighted by Gasteiger charge is -2.38. The molecule has 32 heavy (non-hydrogen) atoms. The van der Waals surface area contributed by atoms with Crippen molar-refractivity contribution in [2.45, 2.75) is 6.92 Å². The Balaban J connectivity index is 0.00000363. The lowest BCUT2D eigenvalue weighted by atomic mass is 10.2. The van der Waals surface area contributed by atoms with E-state index in [9.17, 15) is 9.90 Å². The Morgan fingerprint density at radius 3 is 2.41 bits per heavy atom. The first-order chi connectivity index (χ1) is 15.1. The van der Waals surface area contributed by atoms with Crippen LogP contribution in [-0.2, 0) is 0 Å². The molecular weight excluding hydrogens is 521 g/mol. The molecule has 0 atom stereocenters. The van der Waals surface area contributed by atoms with Gasteiger partial charge in [0.1, 0.15) is 11.5 Å². The predicted molar refractivity (Wildman–Crippen MR) is 139 cm³/mol. The van der Waals surface area contributed by atoms with Gasteiger partial charge in [-0.25, -0.2) is 0 Å². The number of benzene rings is 2. The van der Waals surface area contributed by atoms with Gasteiger partial charge in [-0.1, -0.05) is 12.1 Å². The molecule has 3 N–H and O–H groups in total. The van der Waals surface area contributed by atoms with Crippen LogP contribution in [0, 0.1) is 0 Å². The molecule has 1 saturated heterocycles. The maximum atomic E-state index is 12.2. The van der Waals surface area contributed by atoms with E-state index in [0.29, 0.717) is 18.7 Å². The third-order valence-corrected chi connectivity index (χ3v) is 5.13. The van der Waals surface area contributed by atoms with Gasteiger partial charge in [0.05, 0.1) is 19.3 Å². The van der Waals surface area contributed by atoms with Gasteiger partial charge in [0, 0.05) is 44.8 Å². The van der Waals surface area contributed by atoms with Crippen molar-refractivity contribution in [1.82, 2.24) is 15.5 Å². The third kappa shape index (κ3) is 6.91. The van der Waals surface area contributed by atoms with E-state index in [1.165, 1.54) is 12.1 Å². The number of aromatic hydroxyl groups is 1. The summed E-state index contributed by atoms with van der Waals surface area (Å²) in [6.45, 7) is 7.21. The average Bonchev–Trinajstić information content (AvgIpc) is 2.81. The molecule has 3 rings (SSSR count). The van der Waals surface area contributed by atoms with E-state index in [1.54, 1.807) is 19.2 Å². The molecule has 0 radical (unpaired) electrons. The minimum atomic E-state index is -0.175. The highest BCUT2D eigenvalue weighted by Gasteiger charge is 2.21. The fourth-order valence-electron chi connectivity index (χ4n) is 3.52. The van der Waals surface area contributed by atoms with E-state index < -0.39 is 0 Å². The average molecular weight is 553 g/mol. The number of carbonyl (C=O) groups is 1. The Labute approximate surface area is 206 Å². The lowest BCUT2D eigenvalue weighted by molar-refractivity contribution is 0.0954. The van der Waals surface area contributed by atoms with Gasteiger partial charge in [-0.05, 0) is 43.3 Å². The molecule has 1 aliphatic heterocycles. The van der Waals surface area contributed by atoms with Crippen LogP contribution < -0.4 is 20.3 Å². The van der Waals surface area contributed by atoms with Crippen molar-refractivity contribution < 1.29 is 14.6 Å². The number of phenolic OH excluding ortho intramolecular Hbond substituents is 1. The topological polar surface area (TPSA) is 89.4 Å². The molecule has 1 aliphatic rings. The normalized spacial score (nSPS) is 13.9. The highest BCUT2D eigenvalue weighted by atomic mass is 127. The predicted octanol–water partition coefficient (Wildman–Crippen LogP) is 2.54. The number of piperazine rings is 1. The van der Waals surface area contributed by atoms with Crippen molar-refractivity contribution in [1.29, 1.82) is 0 Å². The van der Waals surface area contributed by atoms with Gasteiger partial charge >= 0.3 is 0 Å². The first-order valence-electron chi connectivity index (χ1n) is 10.6. The quantitative estimate of drug-likeness (QED) is 0.212. The summed E-state index contributed by atoms with van der Waals surface area (Å²) >= 11 is 0. The van der Waals surface area contributed by atoms with Crippen molar-refractivity contribution in [2.24, 2.45) is 4.99 Å². The van der Waals surface area contributed by atoms with Crippen LogP contribution in [0.15, 0.2) is 53.5 Å². The van der Waals surface area contributed by atoms with Crippen LogP contribution in [0.5, 0.6) is 11.5 Å². The zero-order valence-electron chi connectivity index (χ0n) is 18.6. The maximum absolute atomic E-state index is 12.2. The first kappa shape index (κ1) is 25.6.